The molecule has 2 amide bonds. The Morgan fingerprint density at radius 1 is 1.03 bits per heavy atom. The van der Waals surface area contributed by atoms with Crippen molar-refractivity contribution < 1.29 is 22.4 Å². The number of benzene rings is 3. The van der Waals surface area contributed by atoms with Crippen LogP contribution >= 0.6 is 11.6 Å². The van der Waals surface area contributed by atoms with Gasteiger partial charge < -0.3 is 10.2 Å². The minimum Gasteiger partial charge on any atom is -0.357 e. The van der Waals surface area contributed by atoms with Gasteiger partial charge in [0.05, 0.1) is 10.6 Å². The van der Waals surface area contributed by atoms with E-state index in [1.807, 2.05) is 0 Å². The summed E-state index contributed by atoms with van der Waals surface area (Å²) in [4.78, 5) is 27.8. The van der Waals surface area contributed by atoms with Crippen molar-refractivity contribution in [3.63, 3.8) is 0 Å². The van der Waals surface area contributed by atoms with Gasteiger partial charge in [-0.15, -0.1) is 0 Å². The maximum Gasteiger partial charge on any atom is 0.264 e. The topological polar surface area (TPSA) is 86.8 Å². The molecule has 3 rings (SSSR count). The van der Waals surface area contributed by atoms with Crippen molar-refractivity contribution in [2.24, 2.45) is 0 Å². The zero-order chi connectivity index (χ0) is 27.2. The second-order valence-corrected chi connectivity index (χ2v) is 10.7. The molecule has 3 aromatic carbocycles. The molecule has 37 heavy (non-hydrogen) atoms. The first kappa shape index (κ1) is 28.1. The number of hydrogen-bond donors (Lipinski definition) is 1. The molecule has 1 N–H and O–H groups in total. The molecule has 0 aliphatic heterocycles. The molecule has 0 unspecified atom stereocenters. The molecule has 0 bridgehead atoms. The lowest BCUT2D eigenvalue weighted by Crippen LogP contribution is -2.51. The summed E-state index contributed by atoms with van der Waals surface area (Å²) in [7, 11) is -2.71. The van der Waals surface area contributed by atoms with Crippen molar-refractivity contribution >= 4 is 39.1 Å². The van der Waals surface area contributed by atoms with Crippen LogP contribution in [0.15, 0.2) is 77.7 Å². The molecular weight excluding hydrogens is 517 g/mol. The number of halogens is 2. The zero-order valence-corrected chi connectivity index (χ0v) is 22.4. The maximum atomic E-state index is 13.8. The minimum atomic E-state index is -4.17. The number of sulfonamides is 1. The van der Waals surface area contributed by atoms with Crippen molar-refractivity contribution in [2.75, 3.05) is 17.9 Å². The van der Waals surface area contributed by atoms with Crippen molar-refractivity contribution in [1.82, 2.24) is 10.2 Å². The van der Waals surface area contributed by atoms with E-state index >= 15 is 0 Å². The Balaban J connectivity index is 2.06. The van der Waals surface area contributed by atoms with Crippen LogP contribution in [0.25, 0.3) is 0 Å². The minimum absolute atomic E-state index is 0.00271. The molecule has 0 aliphatic rings. The van der Waals surface area contributed by atoms with Crippen LogP contribution < -0.4 is 9.62 Å². The van der Waals surface area contributed by atoms with Crippen LogP contribution in [0.3, 0.4) is 0 Å². The van der Waals surface area contributed by atoms with Crippen LogP contribution in [0, 0.1) is 12.7 Å². The van der Waals surface area contributed by atoms with Crippen molar-refractivity contribution in [2.45, 2.75) is 37.8 Å². The molecule has 0 fully saturated rings. The number of anilines is 1. The van der Waals surface area contributed by atoms with Gasteiger partial charge >= 0.3 is 0 Å². The van der Waals surface area contributed by atoms with Gasteiger partial charge in [-0.1, -0.05) is 54.9 Å². The normalized spacial score (nSPS) is 12.0. The van der Waals surface area contributed by atoms with E-state index in [4.69, 9.17) is 11.6 Å². The van der Waals surface area contributed by atoms with E-state index in [9.17, 15) is 22.4 Å². The van der Waals surface area contributed by atoms with Gasteiger partial charge in [0, 0.05) is 18.6 Å². The van der Waals surface area contributed by atoms with Crippen molar-refractivity contribution in [3.05, 3.63) is 94.8 Å². The fraction of sp³-hybridized carbons (Fsp3) is 0.259. The van der Waals surface area contributed by atoms with Crippen LogP contribution in [0.2, 0.25) is 5.02 Å². The Morgan fingerprint density at radius 3 is 2.24 bits per heavy atom. The molecule has 0 saturated heterocycles. The molecular formula is C27H29ClFN3O4S. The van der Waals surface area contributed by atoms with Crippen LogP contribution in [-0.4, -0.2) is 44.8 Å². The summed E-state index contributed by atoms with van der Waals surface area (Å²) in [6.07, 6.45) is 0.286. The van der Waals surface area contributed by atoms with E-state index in [1.165, 1.54) is 54.4 Å². The van der Waals surface area contributed by atoms with Gasteiger partial charge in [-0.2, -0.15) is 0 Å². The fourth-order valence-electron chi connectivity index (χ4n) is 3.86. The van der Waals surface area contributed by atoms with E-state index < -0.39 is 40.2 Å². The molecule has 0 radical (unpaired) electrons. The second kappa shape index (κ2) is 12.2. The number of carbonyl (C=O) groups is 2. The zero-order valence-electron chi connectivity index (χ0n) is 20.8. The van der Waals surface area contributed by atoms with Gasteiger partial charge in [0.2, 0.25) is 11.8 Å². The standard InChI is InChI=1S/C27H29ClFN3O4S/c1-4-25(27(34)30-3)31(17-20-11-13-21(29)14-12-20)26(33)18-32(22-15-10-19(2)24(28)16-22)37(35,36)23-8-6-5-7-9-23/h5-16,25H,4,17-18H2,1-3H3,(H,30,34)/t25-/m1/s1. The summed E-state index contributed by atoms with van der Waals surface area (Å²) in [5, 5.41) is 2.90. The molecule has 196 valence electrons. The molecule has 0 aliphatic carbocycles. The number of rotatable bonds is 10. The van der Waals surface area contributed by atoms with Gasteiger partial charge in [-0.3, -0.25) is 13.9 Å². The number of nitrogens with zero attached hydrogens (tertiary/aromatic N) is 2. The van der Waals surface area contributed by atoms with Crippen LogP contribution in [0.4, 0.5) is 10.1 Å². The number of nitrogens with one attached hydrogen (secondary N) is 1. The summed E-state index contributed by atoms with van der Waals surface area (Å²) in [5.41, 5.74) is 1.55. The van der Waals surface area contributed by atoms with Crippen molar-refractivity contribution in [3.8, 4) is 0 Å². The Kier molecular flexibility index (Phi) is 9.29. The Morgan fingerprint density at radius 2 is 1.68 bits per heavy atom. The number of amides is 2. The van der Waals surface area contributed by atoms with Crippen LogP contribution in [0.1, 0.15) is 24.5 Å². The molecule has 7 nitrogen and oxygen atoms in total. The predicted octanol–water partition coefficient (Wildman–Crippen LogP) is 4.54. The lowest BCUT2D eigenvalue weighted by Gasteiger charge is -2.33. The Hall–Kier alpha value is -3.43. The summed E-state index contributed by atoms with van der Waals surface area (Å²) in [6.45, 7) is 2.94. The number of likely N-dealkylation sites (N-methyl/N-ethyl adjacent to an activating group) is 1. The van der Waals surface area contributed by atoms with Gasteiger partial charge in [-0.05, 0) is 60.9 Å². The van der Waals surface area contributed by atoms with E-state index in [-0.39, 0.29) is 23.5 Å². The highest BCUT2D eigenvalue weighted by Crippen LogP contribution is 2.28. The Bertz CT molecular complexity index is 1350. The summed E-state index contributed by atoms with van der Waals surface area (Å²) in [6, 6.07) is 17.2. The third kappa shape index (κ3) is 6.67. The smallest absolute Gasteiger partial charge is 0.264 e. The second-order valence-electron chi connectivity index (χ2n) is 8.44. The maximum absolute atomic E-state index is 13.8. The first-order valence-electron chi connectivity index (χ1n) is 11.7. The predicted molar refractivity (Wildman–Crippen MR) is 142 cm³/mol. The van der Waals surface area contributed by atoms with E-state index in [1.54, 1.807) is 44.2 Å². The average Bonchev–Trinajstić information content (AvgIpc) is 2.90. The summed E-state index contributed by atoms with van der Waals surface area (Å²) < 4.78 is 41.9. The molecule has 0 aromatic heterocycles. The van der Waals surface area contributed by atoms with Gasteiger partial charge in [0.25, 0.3) is 10.0 Å². The van der Waals surface area contributed by atoms with E-state index in [2.05, 4.69) is 5.32 Å². The largest absolute Gasteiger partial charge is 0.357 e. The first-order valence-corrected chi connectivity index (χ1v) is 13.5. The van der Waals surface area contributed by atoms with Crippen LogP contribution in [0.5, 0.6) is 0 Å². The quantitative estimate of drug-likeness (QED) is 0.405. The third-order valence-corrected chi connectivity index (χ3v) is 8.15. The lowest BCUT2D eigenvalue weighted by atomic mass is 10.1. The summed E-state index contributed by atoms with van der Waals surface area (Å²) in [5.74, 6) is -1.43. The van der Waals surface area contributed by atoms with Gasteiger partial charge in [0.1, 0.15) is 18.4 Å². The molecule has 0 saturated carbocycles. The van der Waals surface area contributed by atoms with Crippen LogP contribution in [-0.2, 0) is 26.2 Å². The summed E-state index contributed by atoms with van der Waals surface area (Å²) >= 11 is 6.31. The number of aryl methyl sites for hydroxylation is 1. The number of carbonyl (C=O) groups excluding carboxylic acids is 2. The lowest BCUT2D eigenvalue weighted by molar-refractivity contribution is -0.140. The van der Waals surface area contributed by atoms with Gasteiger partial charge in [-0.25, -0.2) is 12.8 Å². The van der Waals surface area contributed by atoms with E-state index in [0.29, 0.717) is 10.6 Å². The third-order valence-electron chi connectivity index (χ3n) is 5.95. The highest BCUT2D eigenvalue weighted by molar-refractivity contribution is 7.92. The van der Waals surface area contributed by atoms with Gasteiger partial charge in [0.15, 0.2) is 0 Å². The molecule has 0 heterocycles. The van der Waals surface area contributed by atoms with E-state index in [0.717, 1.165) is 9.87 Å². The highest BCUT2D eigenvalue weighted by atomic mass is 35.5. The van der Waals surface area contributed by atoms with Crippen molar-refractivity contribution in [1.29, 1.82) is 0 Å². The SMILES string of the molecule is CC[C@H](C(=O)NC)N(Cc1ccc(F)cc1)C(=O)CN(c1ccc(C)c(Cl)c1)S(=O)(=O)c1ccccc1. The average molecular weight is 546 g/mol. The fourth-order valence-corrected chi connectivity index (χ4v) is 5.46. The monoisotopic (exact) mass is 545 g/mol. The highest BCUT2D eigenvalue weighted by Gasteiger charge is 2.33. The first-order chi connectivity index (χ1) is 17.6. The Labute approximate surface area is 221 Å². The molecule has 3 aromatic rings. The number of hydrogen-bond acceptors (Lipinski definition) is 4. The molecule has 1 atom stereocenters. The molecule has 10 heteroatoms. The molecule has 0 spiro atoms.